The van der Waals surface area contributed by atoms with Crippen LogP contribution in [0.4, 0.5) is 0 Å². The van der Waals surface area contributed by atoms with E-state index in [0.717, 1.165) is 44.5 Å². The van der Waals surface area contributed by atoms with Crippen LogP contribution in [-0.2, 0) is 0 Å². The van der Waals surface area contributed by atoms with Gasteiger partial charge in [0.25, 0.3) is 11.8 Å². The fourth-order valence-electron chi connectivity index (χ4n) is 4.81. The van der Waals surface area contributed by atoms with Crippen molar-refractivity contribution in [2.75, 3.05) is 26.2 Å². The Bertz CT molecular complexity index is 1190. The highest BCUT2D eigenvalue weighted by Crippen LogP contribution is 2.29. The molecule has 5 heteroatoms. The Hall–Kier alpha value is -3.18. The molecule has 5 nitrogen and oxygen atoms in total. The number of benzene rings is 2. The molecule has 0 spiro atoms. The fourth-order valence-corrected chi connectivity index (χ4v) is 4.81. The molecule has 2 aromatic carbocycles. The number of carbonyl (C=O) groups is 2. The van der Waals surface area contributed by atoms with E-state index < -0.39 is 0 Å². The standard InChI is InChI=1S/C26H27N3O2/c1-18-7-6-9-21-24(18)26(31)29(25(21)30)14-5-4-13-28-15-11-19(12-16-28)22-17-27-23-10-3-2-8-20(22)23/h2-3,6-11,17,27H,4-5,12-16H2,1H3. The minimum absolute atomic E-state index is 0.137. The van der Waals surface area contributed by atoms with Gasteiger partial charge < -0.3 is 4.98 Å². The van der Waals surface area contributed by atoms with Crippen LogP contribution in [0.25, 0.3) is 16.5 Å². The lowest BCUT2D eigenvalue weighted by atomic mass is 9.99. The molecule has 0 bridgehead atoms. The Balaban J connectivity index is 1.13. The van der Waals surface area contributed by atoms with Gasteiger partial charge in [-0.1, -0.05) is 36.4 Å². The van der Waals surface area contributed by atoms with Gasteiger partial charge in [0.15, 0.2) is 0 Å². The minimum atomic E-state index is -0.145. The maximum absolute atomic E-state index is 12.6. The maximum atomic E-state index is 12.6. The van der Waals surface area contributed by atoms with Gasteiger partial charge in [0.2, 0.25) is 0 Å². The molecule has 0 fully saturated rings. The number of nitrogens with zero attached hydrogens (tertiary/aromatic N) is 2. The molecule has 2 aliphatic heterocycles. The third-order valence-corrected chi connectivity index (χ3v) is 6.54. The number of fused-ring (bicyclic) bond motifs is 2. The number of para-hydroxylation sites is 1. The molecule has 0 radical (unpaired) electrons. The van der Waals surface area contributed by atoms with Gasteiger partial charge in [-0.25, -0.2) is 0 Å². The number of nitrogens with one attached hydrogen (secondary N) is 1. The summed E-state index contributed by atoms with van der Waals surface area (Å²) in [7, 11) is 0. The highest BCUT2D eigenvalue weighted by atomic mass is 16.2. The Morgan fingerprint density at radius 3 is 2.58 bits per heavy atom. The van der Waals surface area contributed by atoms with E-state index in [1.165, 1.54) is 26.9 Å². The number of amides is 2. The Labute approximate surface area is 182 Å². The summed E-state index contributed by atoms with van der Waals surface area (Å²) in [6.07, 6.45) is 7.31. The van der Waals surface area contributed by atoms with E-state index in [2.05, 4.69) is 46.4 Å². The summed E-state index contributed by atoms with van der Waals surface area (Å²) < 4.78 is 0. The molecule has 0 atom stereocenters. The van der Waals surface area contributed by atoms with Crippen molar-refractivity contribution in [2.45, 2.75) is 26.2 Å². The van der Waals surface area contributed by atoms with Crippen LogP contribution < -0.4 is 0 Å². The molecule has 0 saturated heterocycles. The highest BCUT2D eigenvalue weighted by molar-refractivity contribution is 6.22. The van der Waals surface area contributed by atoms with Gasteiger partial charge in [-0.2, -0.15) is 0 Å². The second-order valence-electron chi connectivity index (χ2n) is 8.49. The van der Waals surface area contributed by atoms with Crippen molar-refractivity contribution in [3.05, 3.63) is 77.0 Å². The number of rotatable bonds is 6. The molecular weight excluding hydrogens is 386 g/mol. The first-order valence-corrected chi connectivity index (χ1v) is 11.1. The van der Waals surface area contributed by atoms with E-state index in [9.17, 15) is 9.59 Å². The number of H-pyrrole nitrogens is 1. The number of aryl methyl sites for hydroxylation is 1. The highest BCUT2D eigenvalue weighted by Gasteiger charge is 2.35. The van der Waals surface area contributed by atoms with Crippen LogP contribution in [0.1, 0.15) is 51.1 Å². The minimum Gasteiger partial charge on any atom is -0.361 e. The van der Waals surface area contributed by atoms with Gasteiger partial charge >= 0.3 is 0 Å². The molecule has 1 N–H and O–H groups in total. The smallest absolute Gasteiger partial charge is 0.261 e. The Morgan fingerprint density at radius 1 is 0.935 bits per heavy atom. The van der Waals surface area contributed by atoms with Gasteiger partial charge in [-0.3, -0.25) is 19.4 Å². The van der Waals surface area contributed by atoms with Crippen molar-refractivity contribution in [3.8, 4) is 0 Å². The zero-order valence-corrected chi connectivity index (χ0v) is 17.9. The number of hydrogen-bond donors (Lipinski definition) is 1. The SMILES string of the molecule is Cc1cccc2c1C(=O)N(CCCCN1CC=C(c3c[nH]c4ccccc34)CC1)C2=O. The van der Waals surface area contributed by atoms with E-state index >= 15 is 0 Å². The van der Waals surface area contributed by atoms with Crippen LogP contribution in [-0.4, -0.2) is 52.8 Å². The Kier molecular flexibility index (Phi) is 5.20. The molecule has 3 heterocycles. The van der Waals surface area contributed by atoms with Crippen LogP contribution in [0, 0.1) is 6.92 Å². The lowest BCUT2D eigenvalue weighted by Gasteiger charge is -2.26. The predicted molar refractivity (Wildman–Crippen MR) is 123 cm³/mol. The van der Waals surface area contributed by atoms with Crippen LogP contribution >= 0.6 is 0 Å². The summed E-state index contributed by atoms with van der Waals surface area (Å²) in [6.45, 7) is 5.36. The van der Waals surface area contributed by atoms with Crippen LogP contribution in [0.3, 0.4) is 0 Å². The van der Waals surface area contributed by atoms with Crippen molar-refractivity contribution in [1.29, 1.82) is 0 Å². The first-order chi connectivity index (χ1) is 15.1. The third-order valence-electron chi connectivity index (χ3n) is 6.54. The molecular formula is C26H27N3O2. The largest absolute Gasteiger partial charge is 0.361 e. The van der Waals surface area contributed by atoms with Crippen molar-refractivity contribution < 1.29 is 9.59 Å². The average Bonchev–Trinajstić information content (AvgIpc) is 3.32. The third kappa shape index (κ3) is 3.59. The van der Waals surface area contributed by atoms with Gasteiger partial charge in [0, 0.05) is 42.3 Å². The molecule has 158 valence electrons. The molecule has 0 aliphatic carbocycles. The zero-order valence-electron chi connectivity index (χ0n) is 17.9. The molecule has 2 aliphatic rings. The summed E-state index contributed by atoms with van der Waals surface area (Å²) in [5, 5.41) is 1.29. The van der Waals surface area contributed by atoms with E-state index in [1.807, 2.05) is 19.1 Å². The van der Waals surface area contributed by atoms with E-state index in [4.69, 9.17) is 0 Å². The predicted octanol–water partition coefficient (Wildman–Crippen LogP) is 4.64. The molecule has 3 aromatic rings. The summed E-state index contributed by atoms with van der Waals surface area (Å²) in [5.74, 6) is -0.282. The molecule has 31 heavy (non-hydrogen) atoms. The summed E-state index contributed by atoms with van der Waals surface area (Å²) in [6, 6.07) is 13.9. The lowest BCUT2D eigenvalue weighted by Crippen LogP contribution is -2.32. The quantitative estimate of drug-likeness (QED) is 0.473. The van der Waals surface area contributed by atoms with Gasteiger partial charge in [0.05, 0.1) is 11.1 Å². The number of hydrogen-bond acceptors (Lipinski definition) is 3. The monoisotopic (exact) mass is 413 g/mol. The van der Waals surface area contributed by atoms with Crippen molar-refractivity contribution in [2.24, 2.45) is 0 Å². The van der Waals surface area contributed by atoms with Gasteiger partial charge in [-0.15, -0.1) is 0 Å². The zero-order chi connectivity index (χ0) is 21.4. The number of unbranched alkanes of at least 4 members (excludes halogenated alkanes) is 1. The lowest BCUT2D eigenvalue weighted by molar-refractivity contribution is 0.0650. The normalized spacial score (nSPS) is 16.8. The van der Waals surface area contributed by atoms with Crippen LogP contribution in [0.15, 0.2) is 54.7 Å². The number of aromatic nitrogens is 1. The average molecular weight is 414 g/mol. The molecule has 5 rings (SSSR count). The number of imide groups is 1. The first kappa shape index (κ1) is 19.8. The number of aromatic amines is 1. The maximum Gasteiger partial charge on any atom is 0.261 e. The number of carbonyl (C=O) groups excluding carboxylic acids is 2. The van der Waals surface area contributed by atoms with E-state index in [0.29, 0.717) is 17.7 Å². The van der Waals surface area contributed by atoms with Crippen LogP contribution in [0.2, 0.25) is 0 Å². The fraction of sp³-hybridized carbons (Fsp3) is 0.308. The summed E-state index contributed by atoms with van der Waals surface area (Å²) >= 11 is 0. The molecule has 2 amide bonds. The summed E-state index contributed by atoms with van der Waals surface area (Å²) in [4.78, 5) is 32.5. The van der Waals surface area contributed by atoms with E-state index in [1.54, 1.807) is 6.07 Å². The Morgan fingerprint density at radius 2 is 1.77 bits per heavy atom. The van der Waals surface area contributed by atoms with Gasteiger partial charge in [-0.05, 0) is 56.0 Å². The van der Waals surface area contributed by atoms with Crippen molar-refractivity contribution in [1.82, 2.24) is 14.8 Å². The summed E-state index contributed by atoms with van der Waals surface area (Å²) in [5.41, 5.74) is 5.93. The topological polar surface area (TPSA) is 56.4 Å². The molecule has 1 aromatic heterocycles. The van der Waals surface area contributed by atoms with Crippen molar-refractivity contribution >= 4 is 28.3 Å². The van der Waals surface area contributed by atoms with E-state index in [-0.39, 0.29) is 11.8 Å². The second-order valence-corrected chi connectivity index (χ2v) is 8.49. The van der Waals surface area contributed by atoms with Gasteiger partial charge in [0.1, 0.15) is 0 Å². The molecule has 0 unspecified atom stereocenters. The second kappa shape index (κ2) is 8.16. The van der Waals surface area contributed by atoms with Crippen LogP contribution in [0.5, 0.6) is 0 Å². The molecule has 0 saturated carbocycles. The van der Waals surface area contributed by atoms with Crippen molar-refractivity contribution in [3.63, 3.8) is 0 Å². The first-order valence-electron chi connectivity index (χ1n) is 11.1.